The molecule has 29 heavy (non-hydrogen) atoms. The minimum Gasteiger partial charge on any atom is -0.497 e. The molecule has 0 fully saturated rings. The largest absolute Gasteiger partial charge is 0.497 e. The van der Waals surface area contributed by atoms with Gasteiger partial charge >= 0.3 is 0 Å². The molecule has 1 atom stereocenters. The van der Waals surface area contributed by atoms with Gasteiger partial charge in [0.25, 0.3) is 0 Å². The summed E-state index contributed by atoms with van der Waals surface area (Å²) in [5, 5.41) is 12.5. The third-order valence-corrected chi connectivity index (χ3v) is 5.58. The molecule has 2 aromatic heterocycles. The van der Waals surface area contributed by atoms with Crippen LogP contribution in [0.4, 0.5) is 5.13 Å². The summed E-state index contributed by atoms with van der Waals surface area (Å²) in [6.45, 7) is 0. The van der Waals surface area contributed by atoms with Gasteiger partial charge in [-0.15, -0.1) is 0 Å². The molecule has 4 rings (SSSR count). The predicted molar refractivity (Wildman–Crippen MR) is 113 cm³/mol. The number of hydrogen-bond acceptors (Lipinski definition) is 5. The minimum absolute atomic E-state index is 0.126. The first kappa shape index (κ1) is 18.7. The fourth-order valence-electron chi connectivity index (χ4n) is 3.17. The van der Waals surface area contributed by atoms with Crippen LogP contribution in [0.2, 0.25) is 0 Å². The zero-order chi connectivity index (χ0) is 20.2. The Morgan fingerprint density at radius 1 is 1.24 bits per heavy atom. The Kier molecular flexibility index (Phi) is 5.27. The van der Waals surface area contributed by atoms with Gasteiger partial charge in [-0.3, -0.25) is 4.79 Å². The number of benzene rings is 2. The number of ether oxygens (including phenoxy) is 1. The lowest BCUT2D eigenvalue weighted by molar-refractivity contribution is -0.116. The number of rotatable bonds is 6. The first-order valence-electron chi connectivity index (χ1n) is 9.03. The Morgan fingerprint density at radius 2 is 2.00 bits per heavy atom. The Labute approximate surface area is 172 Å². The molecule has 0 saturated carbocycles. The highest BCUT2D eigenvalue weighted by Crippen LogP contribution is 2.28. The highest BCUT2D eigenvalue weighted by molar-refractivity contribution is 7.22. The van der Waals surface area contributed by atoms with Crippen molar-refractivity contribution in [2.75, 3.05) is 12.4 Å². The molecule has 1 unspecified atom stereocenters. The van der Waals surface area contributed by atoms with E-state index >= 15 is 0 Å². The van der Waals surface area contributed by atoms with Crippen molar-refractivity contribution in [1.29, 1.82) is 5.26 Å². The van der Waals surface area contributed by atoms with E-state index in [2.05, 4.69) is 16.4 Å². The summed E-state index contributed by atoms with van der Waals surface area (Å²) >= 11 is 1.39. The first-order chi connectivity index (χ1) is 14.2. The van der Waals surface area contributed by atoms with Crippen LogP contribution in [0, 0.1) is 11.3 Å². The van der Waals surface area contributed by atoms with Crippen LogP contribution < -0.4 is 10.1 Å². The molecule has 0 radical (unpaired) electrons. The van der Waals surface area contributed by atoms with Crippen LogP contribution in [0.5, 0.6) is 5.75 Å². The van der Waals surface area contributed by atoms with Gasteiger partial charge in [0.2, 0.25) is 5.91 Å². The molecular weight excluding hydrogens is 384 g/mol. The normalized spacial score (nSPS) is 11.7. The topological polar surface area (TPSA) is 79.9 Å². The first-order valence-corrected chi connectivity index (χ1v) is 9.85. The number of carbonyl (C=O) groups excluding carboxylic acids is 1. The van der Waals surface area contributed by atoms with Crippen molar-refractivity contribution in [2.24, 2.45) is 0 Å². The highest BCUT2D eigenvalue weighted by atomic mass is 32.1. The van der Waals surface area contributed by atoms with Gasteiger partial charge in [-0.1, -0.05) is 23.5 Å². The van der Waals surface area contributed by atoms with E-state index in [0.717, 1.165) is 16.0 Å². The van der Waals surface area contributed by atoms with Crippen LogP contribution in [-0.4, -0.2) is 22.6 Å². The van der Waals surface area contributed by atoms with Gasteiger partial charge in [0, 0.05) is 12.4 Å². The monoisotopic (exact) mass is 402 g/mol. The number of methoxy groups -OCH3 is 1. The molecule has 1 N–H and O–H groups in total. The molecule has 0 saturated heterocycles. The summed E-state index contributed by atoms with van der Waals surface area (Å²) in [5.74, 6) is 0.648. The number of thiazole rings is 1. The maximum atomic E-state index is 12.8. The fraction of sp³-hybridized carbons (Fsp3) is 0.136. The summed E-state index contributed by atoms with van der Waals surface area (Å²) in [5.41, 5.74) is 2.27. The van der Waals surface area contributed by atoms with Crippen molar-refractivity contribution in [3.05, 3.63) is 78.1 Å². The maximum Gasteiger partial charge on any atom is 0.228 e. The lowest BCUT2D eigenvalue weighted by Gasteiger charge is -2.19. The Hall–Kier alpha value is -3.63. The molecule has 0 aliphatic rings. The minimum atomic E-state index is -0.143. The third-order valence-electron chi connectivity index (χ3n) is 4.63. The number of anilines is 1. The van der Waals surface area contributed by atoms with Gasteiger partial charge < -0.3 is 14.6 Å². The standard InChI is InChI=1S/C22H18N4O2S/c1-28-17-7-5-16(6-8-17)19(26-10-2-3-11-26)13-21(27)25-22-24-18-12-15(14-23)4-9-20(18)29-22/h2-12,19H,13H2,1H3,(H,24,25,27). The molecule has 7 heteroatoms. The molecule has 1 amide bonds. The summed E-state index contributed by atoms with van der Waals surface area (Å²) in [6.07, 6.45) is 4.16. The molecule has 144 valence electrons. The van der Waals surface area contributed by atoms with Gasteiger partial charge in [0.15, 0.2) is 5.13 Å². The maximum absolute atomic E-state index is 12.8. The summed E-state index contributed by atoms with van der Waals surface area (Å²) in [7, 11) is 1.63. The Balaban J connectivity index is 1.54. The van der Waals surface area contributed by atoms with Crippen LogP contribution in [-0.2, 0) is 4.79 Å². The molecule has 0 spiro atoms. The number of amides is 1. The smallest absolute Gasteiger partial charge is 0.228 e. The number of nitrogens with zero attached hydrogens (tertiary/aromatic N) is 3. The van der Waals surface area contributed by atoms with E-state index < -0.39 is 0 Å². The van der Waals surface area contributed by atoms with Crippen molar-refractivity contribution < 1.29 is 9.53 Å². The quantitative estimate of drug-likeness (QED) is 0.511. The lowest BCUT2D eigenvalue weighted by Crippen LogP contribution is -2.19. The lowest BCUT2D eigenvalue weighted by atomic mass is 10.0. The van der Waals surface area contributed by atoms with Crippen LogP contribution in [0.15, 0.2) is 67.0 Å². The molecule has 2 heterocycles. The van der Waals surface area contributed by atoms with Gasteiger partial charge in [0.1, 0.15) is 5.75 Å². The van der Waals surface area contributed by atoms with Crippen LogP contribution in [0.3, 0.4) is 0 Å². The number of nitrogens with one attached hydrogen (secondary N) is 1. The Bertz CT molecular complexity index is 1170. The number of carbonyl (C=O) groups is 1. The van der Waals surface area contributed by atoms with E-state index in [-0.39, 0.29) is 18.4 Å². The van der Waals surface area contributed by atoms with Crippen molar-refractivity contribution >= 4 is 32.6 Å². The van der Waals surface area contributed by atoms with Crippen LogP contribution in [0.25, 0.3) is 10.2 Å². The van der Waals surface area contributed by atoms with Crippen molar-refractivity contribution in [1.82, 2.24) is 9.55 Å². The molecule has 6 nitrogen and oxygen atoms in total. The zero-order valence-corrected chi connectivity index (χ0v) is 16.5. The third kappa shape index (κ3) is 4.13. The molecule has 0 aliphatic heterocycles. The number of hydrogen-bond donors (Lipinski definition) is 1. The van der Waals surface area contributed by atoms with Crippen molar-refractivity contribution in [2.45, 2.75) is 12.5 Å². The van der Waals surface area contributed by atoms with Crippen molar-refractivity contribution in [3.63, 3.8) is 0 Å². The van der Waals surface area contributed by atoms with Gasteiger partial charge in [0.05, 0.1) is 41.4 Å². The second-order valence-electron chi connectivity index (χ2n) is 6.48. The number of fused-ring (bicyclic) bond motifs is 1. The molecule has 2 aromatic carbocycles. The average Bonchev–Trinajstić information content (AvgIpc) is 3.41. The summed E-state index contributed by atoms with van der Waals surface area (Å²) in [6, 6.07) is 18.9. The molecule has 0 aliphatic carbocycles. The van der Waals surface area contributed by atoms with E-state index in [9.17, 15) is 4.79 Å². The van der Waals surface area contributed by atoms with E-state index in [1.165, 1.54) is 11.3 Å². The van der Waals surface area contributed by atoms with Crippen LogP contribution >= 0.6 is 11.3 Å². The number of aromatic nitrogens is 2. The van der Waals surface area contributed by atoms with E-state index in [0.29, 0.717) is 16.2 Å². The number of nitriles is 1. The second-order valence-corrected chi connectivity index (χ2v) is 7.52. The van der Waals surface area contributed by atoms with Gasteiger partial charge in [-0.25, -0.2) is 4.98 Å². The average molecular weight is 402 g/mol. The molecule has 0 bridgehead atoms. The molecular formula is C22H18N4O2S. The van der Waals surface area contributed by atoms with E-state index in [4.69, 9.17) is 10.00 Å². The van der Waals surface area contributed by atoms with E-state index in [1.54, 1.807) is 19.2 Å². The van der Waals surface area contributed by atoms with Gasteiger partial charge in [-0.05, 0) is 48.0 Å². The summed E-state index contributed by atoms with van der Waals surface area (Å²) < 4.78 is 8.17. The van der Waals surface area contributed by atoms with Crippen LogP contribution in [0.1, 0.15) is 23.6 Å². The second kappa shape index (κ2) is 8.17. The van der Waals surface area contributed by atoms with Gasteiger partial charge in [-0.2, -0.15) is 5.26 Å². The summed E-state index contributed by atoms with van der Waals surface area (Å²) in [4.78, 5) is 17.2. The van der Waals surface area contributed by atoms with E-state index in [1.807, 2.05) is 59.4 Å². The fourth-order valence-corrected chi connectivity index (χ4v) is 4.04. The Morgan fingerprint density at radius 3 is 2.69 bits per heavy atom. The van der Waals surface area contributed by atoms with Crippen molar-refractivity contribution in [3.8, 4) is 11.8 Å². The zero-order valence-electron chi connectivity index (χ0n) is 15.7. The SMILES string of the molecule is COc1ccc(C(CC(=O)Nc2nc3cc(C#N)ccc3s2)n2cccc2)cc1. The highest BCUT2D eigenvalue weighted by Gasteiger charge is 2.19. The molecule has 4 aromatic rings. The predicted octanol–water partition coefficient (Wildman–Crippen LogP) is 4.60.